The van der Waals surface area contributed by atoms with E-state index in [0.717, 1.165) is 32.3 Å². The Balaban J connectivity index is 1.85. The normalized spacial score (nSPS) is 19.1. The van der Waals surface area contributed by atoms with Crippen LogP contribution >= 0.6 is 0 Å². The summed E-state index contributed by atoms with van der Waals surface area (Å²) in [5.74, 6) is -0.517. The Labute approximate surface area is 106 Å². The second-order valence-corrected chi connectivity index (χ2v) is 4.68. The number of carbonyl (C=O) groups is 1. The zero-order chi connectivity index (χ0) is 13.0. The lowest BCUT2D eigenvalue weighted by molar-refractivity contribution is 0.0923. The van der Waals surface area contributed by atoms with E-state index in [0.29, 0.717) is 23.8 Å². The summed E-state index contributed by atoms with van der Waals surface area (Å²) in [6.07, 6.45) is 4.53. The van der Waals surface area contributed by atoms with Gasteiger partial charge in [-0.1, -0.05) is 0 Å². The summed E-state index contributed by atoms with van der Waals surface area (Å²) in [5.41, 5.74) is 6.31. The Bertz CT molecular complexity index is 428. The van der Waals surface area contributed by atoms with Crippen molar-refractivity contribution in [2.75, 3.05) is 12.3 Å². The third-order valence-electron chi connectivity index (χ3n) is 3.27. The molecule has 1 aliphatic rings. The molecule has 0 aliphatic carbocycles. The highest BCUT2D eigenvalue weighted by molar-refractivity contribution is 6.00. The lowest BCUT2D eigenvalue weighted by atomic mass is 10.0. The van der Waals surface area contributed by atoms with E-state index in [1.165, 1.54) is 18.2 Å². The molecule has 18 heavy (non-hydrogen) atoms. The van der Waals surface area contributed by atoms with Crippen molar-refractivity contribution in [1.82, 2.24) is 0 Å². The number of ether oxygens (including phenoxy) is 1. The van der Waals surface area contributed by atoms with Gasteiger partial charge in [0.05, 0.1) is 6.10 Å². The Hall–Kier alpha value is -1.42. The molecule has 4 heteroatoms. The lowest BCUT2D eigenvalue weighted by Crippen LogP contribution is -2.08. The molecule has 0 amide bonds. The summed E-state index contributed by atoms with van der Waals surface area (Å²) in [5, 5.41) is 0. The van der Waals surface area contributed by atoms with Crippen molar-refractivity contribution in [2.24, 2.45) is 0 Å². The van der Waals surface area contributed by atoms with E-state index in [4.69, 9.17) is 10.5 Å². The number of nitrogens with two attached hydrogens (primary N) is 1. The van der Waals surface area contributed by atoms with Gasteiger partial charge in [-0.15, -0.1) is 0 Å². The van der Waals surface area contributed by atoms with E-state index in [1.807, 2.05) is 0 Å². The number of benzene rings is 1. The number of Topliss-reactive ketones (excluding diaryl/α,β-unsaturated/α-hetero) is 1. The van der Waals surface area contributed by atoms with Gasteiger partial charge in [0.1, 0.15) is 5.82 Å². The summed E-state index contributed by atoms with van der Waals surface area (Å²) in [4.78, 5) is 11.9. The van der Waals surface area contributed by atoms with Gasteiger partial charge in [0.15, 0.2) is 5.78 Å². The monoisotopic (exact) mass is 251 g/mol. The second kappa shape index (κ2) is 5.96. The molecule has 1 heterocycles. The van der Waals surface area contributed by atoms with Gasteiger partial charge < -0.3 is 10.5 Å². The van der Waals surface area contributed by atoms with E-state index >= 15 is 0 Å². The SMILES string of the molecule is Nc1ccc(F)cc1C(=O)CCCC1CCCO1. The van der Waals surface area contributed by atoms with Gasteiger partial charge in [-0.2, -0.15) is 0 Å². The van der Waals surface area contributed by atoms with Crippen LogP contribution in [0.25, 0.3) is 0 Å². The molecule has 1 saturated heterocycles. The Kier molecular flexibility index (Phi) is 4.31. The number of hydrogen-bond acceptors (Lipinski definition) is 3. The maximum absolute atomic E-state index is 13.0. The summed E-state index contributed by atoms with van der Waals surface area (Å²) in [6, 6.07) is 3.91. The molecule has 1 aliphatic heterocycles. The van der Waals surface area contributed by atoms with Gasteiger partial charge in [-0.3, -0.25) is 4.79 Å². The Morgan fingerprint density at radius 2 is 2.33 bits per heavy atom. The molecule has 1 fully saturated rings. The van der Waals surface area contributed by atoms with E-state index in [2.05, 4.69) is 0 Å². The average molecular weight is 251 g/mol. The van der Waals surface area contributed by atoms with Crippen LogP contribution in [0, 0.1) is 5.82 Å². The van der Waals surface area contributed by atoms with Crippen molar-refractivity contribution in [2.45, 2.75) is 38.2 Å². The van der Waals surface area contributed by atoms with Crippen LogP contribution in [-0.2, 0) is 4.74 Å². The summed E-state index contributed by atoms with van der Waals surface area (Å²) in [7, 11) is 0. The zero-order valence-electron chi connectivity index (χ0n) is 10.3. The van der Waals surface area contributed by atoms with Gasteiger partial charge in [0.25, 0.3) is 0 Å². The van der Waals surface area contributed by atoms with Gasteiger partial charge in [-0.25, -0.2) is 4.39 Å². The molecule has 2 rings (SSSR count). The zero-order valence-corrected chi connectivity index (χ0v) is 10.3. The summed E-state index contributed by atoms with van der Waals surface area (Å²) < 4.78 is 18.5. The number of carbonyl (C=O) groups excluding carboxylic acids is 1. The van der Waals surface area contributed by atoms with Crippen LogP contribution in [-0.4, -0.2) is 18.5 Å². The summed E-state index contributed by atoms with van der Waals surface area (Å²) in [6.45, 7) is 0.829. The standard InChI is InChI=1S/C14H18FNO2/c15-10-6-7-13(16)12(9-10)14(17)5-1-3-11-4-2-8-18-11/h6-7,9,11H,1-5,8,16H2. The molecule has 1 aromatic rings. The highest BCUT2D eigenvalue weighted by Crippen LogP contribution is 2.20. The van der Waals surface area contributed by atoms with Crippen molar-refractivity contribution in [3.8, 4) is 0 Å². The predicted molar refractivity (Wildman–Crippen MR) is 68.0 cm³/mol. The van der Waals surface area contributed by atoms with E-state index in [9.17, 15) is 9.18 Å². The first-order valence-electron chi connectivity index (χ1n) is 6.36. The van der Waals surface area contributed by atoms with Gasteiger partial charge in [0, 0.05) is 24.3 Å². The van der Waals surface area contributed by atoms with Crippen LogP contribution in [0.15, 0.2) is 18.2 Å². The van der Waals surface area contributed by atoms with Crippen LogP contribution in [0.5, 0.6) is 0 Å². The van der Waals surface area contributed by atoms with Crippen LogP contribution < -0.4 is 5.73 Å². The molecule has 0 bridgehead atoms. The van der Waals surface area contributed by atoms with Crippen molar-refractivity contribution in [1.29, 1.82) is 0 Å². The quantitative estimate of drug-likeness (QED) is 0.646. The van der Waals surface area contributed by atoms with Crippen molar-refractivity contribution >= 4 is 11.5 Å². The molecule has 1 atom stereocenters. The maximum Gasteiger partial charge on any atom is 0.165 e. The highest BCUT2D eigenvalue weighted by atomic mass is 19.1. The third kappa shape index (κ3) is 3.29. The van der Waals surface area contributed by atoms with E-state index in [-0.39, 0.29) is 5.78 Å². The predicted octanol–water partition coefficient (Wildman–Crippen LogP) is 2.94. The molecular weight excluding hydrogens is 233 g/mol. The van der Waals surface area contributed by atoms with Crippen molar-refractivity contribution in [3.63, 3.8) is 0 Å². The van der Waals surface area contributed by atoms with Gasteiger partial charge in [-0.05, 0) is 43.9 Å². The fourth-order valence-corrected chi connectivity index (χ4v) is 2.27. The minimum absolute atomic E-state index is 0.0926. The summed E-state index contributed by atoms with van der Waals surface area (Å²) >= 11 is 0. The van der Waals surface area contributed by atoms with E-state index < -0.39 is 5.82 Å². The van der Waals surface area contributed by atoms with Crippen LogP contribution in [0.3, 0.4) is 0 Å². The fourth-order valence-electron chi connectivity index (χ4n) is 2.27. The topological polar surface area (TPSA) is 52.3 Å². The first-order chi connectivity index (χ1) is 8.66. The average Bonchev–Trinajstić information content (AvgIpc) is 2.85. The smallest absolute Gasteiger partial charge is 0.165 e. The molecule has 0 saturated carbocycles. The lowest BCUT2D eigenvalue weighted by Gasteiger charge is -2.09. The number of ketones is 1. The van der Waals surface area contributed by atoms with Gasteiger partial charge >= 0.3 is 0 Å². The van der Waals surface area contributed by atoms with Crippen molar-refractivity contribution < 1.29 is 13.9 Å². The first kappa shape index (κ1) is 13.0. The van der Waals surface area contributed by atoms with Crippen molar-refractivity contribution in [3.05, 3.63) is 29.6 Å². The molecule has 0 spiro atoms. The number of nitrogen functional groups attached to an aromatic ring is 1. The third-order valence-corrected chi connectivity index (χ3v) is 3.27. The number of hydrogen-bond donors (Lipinski definition) is 1. The van der Waals surface area contributed by atoms with Crippen LogP contribution in [0.4, 0.5) is 10.1 Å². The number of halogens is 1. The number of rotatable bonds is 5. The minimum Gasteiger partial charge on any atom is -0.398 e. The molecule has 1 aromatic carbocycles. The minimum atomic E-state index is -0.424. The Morgan fingerprint density at radius 1 is 1.50 bits per heavy atom. The molecule has 3 nitrogen and oxygen atoms in total. The molecular formula is C14H18FNO2. The largest absolute Gasteiger partial charge is 0.398 e. The number of anilines is 1. The van der Waals surface area contributed by atoms with E-state index in [1.54, 1.807) is 0 Å². The molecule has 2 N–H and O–H groups in total. The second-order valence-electron chi connectivity index (χ2n) is 4.68. The molecule has 0 aromatic heterocycles. The first-order valence-corrected chi connectivity index (χ1v) is 6.36. The fraction of sp³-hybridized carbons (Fsp3) is 0.500. The van der Waals surface area contributed by atoms with Crippen LogP contribution in [0.1, 0.15) is 42.5 Å². The molecule has 1 unspecified atom stereocenters. The molecule has 0 radical (unpaired) electrons. The molecule has 98 valence electrons. The van der Waals surface area contributed by atoms with Crippen LogP contribution in [0.2, 0.25) is 0 Å². The Morgan fingerprint density at radius 3 is 3.06 bits per heavy atom. The van der Waals surface area contributed by atoms with Gasteiger partial charge in [0.2, 0.25) is 0 Å². The maximum atomic E-state index is 13.0. The highest BCUT2D eigenvalue weighted by Gasteiger charge is 2.16.